The summed E-state index contributed by atoms with van der Waals surface area (Å²) in [7, 11) is 3.78. The van der Waals surface area contributed by atoms with Gasteiger partial charge < -0.3 is 9.64 Å². The molecule has 0 saturated heterocycles. The second kappa shape index (κ2) is 4.68. The SMILES string of the molecule is CN(C)c1ncc2c(n1)CN(C(=O)OC(C)(C)C)C2. The normalized spacial score (nSPS) is 14.3. The van der Waals surface area contributed by atoms with Crippen LogP contribution < -0.4 is 4.90 Å². The molecule has 1 aromatic rings. The number of hydrogen-bond donors (Lipinski definition) is 0. The van der Waals surface area contributed by atoms with Crippen molar-refractivity contribution in [3.63, 3.8) is 0 Å². The molecule has 6 heteroatoms. The Bertz CT molecular complexity index is 494. The molecule has 0 unspecified atom stereocenters. The lowest BCUT2D eigenvalue weighted by atomic mass is 10.2. The third-order valence-electron chi connectivity index (χ3n) is 2.70. The van der Waals surface area contributed by atoms with Crippen LogP contribution in [-0.4, -0.2) is 40.7 Å². The second-order valence-electron chi connectivity index (χ2n) is 5.87. The van der Waals surface area contributed by atoms with Gasteiger partial charge in [-0.25, -0.2) is 14.8 Å². The Morgan fingerprint density at radius 2 is 2.05 bits per heavy atom. The number of nitrogens with zero attached hydrogens (tertiary/aromatic N) is 4. The fourth-order valence-electron chi connectivity index (χ4n) is 1.81. The summed E-state index contributed by atoms with van der Waals surface area (Å²) in [6.45, 7) is 6.57. The second-order valence-corrected chi connectivity index (χ2v) is 5.87. The van der Waals surface area contributed by atoms with E-state index in [2.05, 4.69) is 9.97 Å². The van der Waals surface area contributed by atoms with Crippen LogP contribution in [0.3, 0.4) is 0 Å². The molecule has 0 aliphatic carbocycles. The van der Waals surface area contributed by atoms with E-state index in [1.54, 1.807) is 11.1 Å². The van der Waals surface area contributed by atoms with Gasteiger partial charge in [0.15, 0.2) is 0 Å². The van der Waals surface area contributed by atoms with Crippen molar-refractivity contribution in [2.75, 3.05) is 19.0 Å². The molecule has 19 heavy (non-hydrogen) atoms. The fraction of sp³-hybridized carbons (Fsp3) is 0.615. The minimum absolute atomic E-state index is 0.308. The Balaban J connectivity index is 2.10. The molecule has 1 aromatic heterocycles. The summed E-state index contributed by atoms with van der Waals surface area (Å²) in [4.78, 5) is 24.2. The van der Waals surface area contributed by atoms with Crippen molar-refractivity contribution in [1.29, 1.82) is 0 Å². The third-order valence-corrected chi connectivity index (χ3v) is 2.70. The van der Waals surface area contributed by atoms with Crippen molar-refractivity contribution in [2.24, 2.45) is 0 Å². The zero-order valence-corrected chi connectivity index (χ0v) is 12.1. The number of aromatic nitrogens is 2. The molecule has 1 aliphatic heterocycles. The van der Waals surface area contributed by atoms with Gasteiger partial charge in [-0.3, -0.25) is 4.90 Å². The van der Waals surface area contributed by atoms with Crippen molar-refractivity contribution < 1.29 is 9.53 Å². The first kappa shape index (κ1) is 13.6. The first-order chi connectivity index (χ1) is 8.76. The van der Waals surface area contributed by atoms with E-state index < -0.39 is 5.60 Å². The summed E-state index contributed by atoms with van der Waals surface area (Å²) in [5, 5.41) is 0. The molecular weight excluding hydrogens is 244 g/mol. The lowest BCUT2D eigenvalue weighted by Gasteiger charge is -2.23. The topological polar surface area (TPSA) is 58.6 Å². The number of ether oxygens (including phenoxy) is 1. The van der Waals surface area contributed by atoms with Crippen molar-refractivity contribution in [3.05, 3.63) is 17.5 Å². The zero-order valence-electron chi connectivity index (χ0n) is 12.1. The first-order valence-electron chi connectivity index (χ1n) is 6.26. The highest BCUT2D eigenvalue weighted by Crippen LogP contribution is 2.23. The quantitative estimate of drug-likeness (QED) is 0.774. The summed E-state index contributed by atoms with van der Waals surface area (Å²) < 4.78 is 5.36. The van der Waals surface area contributed by atoms with Gasteiger partial charge in [0.05, 0.1) is 18.8 Å². The van der Waals surface area contributed by atoms with Crippen LogP contribution in [0.15, 0.2) is 6.20 Å². The third kappa shape index (κ3) is 3.13. The molecule has 1 amide bonds. The van der Waals surface area contributed by atoms with Gasteiger partial charge in [0.25, 0.3) is 0 Å². The van der Waals surface area contributed by atoms with Crippen LogP contribution in [0.4, 0.5) is 10.7 Å². The molecule has 0 aromatic carbocycles. The van der Waals surface area contributed by atoms with Gasteiger partial charge in [-0.05, 0) is 20.8 Å². The standard InChI is InChI=1S/C13H20N4O2/c1-13(2,3)19-12(18)17-7-9-6-14-11(16(4)5)15-10(9)8-17/h6H,7-8H2,1-5H3. The maximum atomic E-state index is 12.0. The van der Waals surface area contributed by atoms with Gasteiger partial charge >= 0.3 is 6.09 Å². The highest BCUT2D eigenvalue weighted by atomic mass is 16.6. The summed E-state index contributed by atoms with van der Waals surface area (Å²) in [5.41, 5.74) is 1.40. The molecule has 0 bridgehead atoms. The molecule has 0 fully saturated rings. The van der Waals surface area contributed by atoms with Crippen LogP contribution in [0.2, 0.25) is 0 Å². The van der Waals surface area contributed by atoms with E-state index in [9.17, 15) is 4.79 Å². The van der Waals surface area contributed by atoms with Crippen LogP contribution >= 0.6 is 0 Å². The Morgan fingerprint density at radius 1 is 1.37 bits per heavy atom. The van der Waals surface area contributed by atoms with E-state index in [4.69, 9.17) is 4.74 Å². The summed E-state index contributed by atoms with van der Waals surface area (Å²) in [5.74, 6) is 0.657. The van der Waals surface area contributed by atoms with Gasteiger partial charge in [0, 0.05) is 25.9 Å². The first-order valence-corrected chi connectivity index (χ1v) is 6.26. The molecule has 0 N–H and O–H groups in total. The smallest absolute Gasteiger partial charge is 0.410 e. The number of rotatable bonds is 1. The van der Waals surface area contributed by atoms with Crippen LogP contribution in [0.25, 0.3) is 0 Å². The molecule has 0 spiro atoms. The summed E-state index contributed by atoms with van der Waals surface area (Å²) in [6, 6.07) is 0. The molecular formula is C13H20N4O2. The van der Waals surface area contributed by atoms with Crippen LogP contribution in [0.5, 0.6) is 0 Å². The van der Waals surface area contributed by atoms with Gasteiger partial charge in [0.1, 0.15) is 5.60 Å². The van der Waals surface area contributed by atoms with Gasteiger partial charge in [-0.1, -0.05) is 0 Å². The Labute approximate surface area is 113 Å². The summed E-state index contributed by atoms with van der Waals surface area (Å²) in [6.07, 6.45) is 1.47. The predicted molar refractivity (Wildman–Crippen MR) is 71.8 cm³/mol. The van der Waals surface area contributed by atoms with E-state index in [0.717, 1.165) is 11.3 Å². The number of hydrogen-bond acceptors (Lipinski definition) is 5. The van der Waals surface area contributed by atoms with Gasteiger partial charge in [-0.15, -0.1) is 0 Å². The average Bonchev–Trinajstić information content (AvgIpc) is 2.68. The molecule has 104 valence electrons. The highest BCUT2D eigenvalue weighted by molar-refractivity contribution is 5.69. The summed E-state index contributed by atoms with van der Waals surface area (Å²) >= 11 is 0. The van der Waals surface area contributed by atoms with Crippen molar-refractivity contribution in [2.45, 2.75) is 39.5 Å². The molecule has 1 aliphatic rings. The molecule has 2 heterocycles. The Morgan fingerprint density at radius 3 is 2.63 bits per heavy atom. The number of anilines is 1. The Kier molecular flexibility index (Phi) is 3.34. The average molecular weight is 264 g/mol. The molecule has 2 rings (SSSR count). The van der Waals surface area contributed by atoms with E-state index in [-0.39, 0.29) is 6.09 Å². The predicted octanol–water partition coefficient (Wildman–Crippen LogP) is 1.79. The fourth-order valence-corrected chi connectivity index (χ4v) is 1.81. The molecule has 6 nitrogen and oxygen atoms in total. The van der Waals surface area contributed by atoms with Crippen LogP contribution in [0, 0.1) is 0 Å². The van der Waals surface area contributed by atoms with E-state index in [0.29, 0.717) is 19.0 Å². The number of amides is 1. The lowest BCUT2D eigenvalue weighted by molar-refractivity contribution is 0.0240. The van der Waals surface area contributed by atoms with Gasteiger partial charge in [0.2, 0.25) is 5.95 Å². The minimum Gasteiger partial charge on any atom is -0.444 e. The maximum absolute atomic E-state index is 12.0. The highest BCUT2D eigenvalue weighted by Gasteiger charge is 2.29. The Hall–Kier alpha value is -1.85. The largest absolute Gasteiger partial charge is 0.444 e. The van der Waals surface area contributed by atoms with Crippen molar-refractivity contribution >= 4 is 12.0 Å². The molecule has 0 radical (unpaired) electrons. The van der Waals surface area contributed by atoms with Crippen LogP contribution in [-0.2, 0) is 17.8 Å². The molecule has 0 saturated carbocycles. The van der Waals surface area contributed by atoms with Gasteiger partial charge in [-0.2, -0.15) is 0 Å². The minimum atomic E-state index is -0.480. The zero-order chi connectivity index (χ0) is 14.2. The lowest BCUT2D eigenvalue weighted by Crippen LogP contribution is -2.33. The van der Waals surface area contributed by atoms with E-state index in [1.807, 2.05) is 39.8 Å². The van der Waals surface area contributed by atoms with Crippen molar-refractivity contribution in [1.82, 2.24) is 14.9 Å². The van der Waals surface area contributed by atoms with E-state index in [1.165, 1.54) is 0 Å². The molecule has 0 atom stereocenters. The number of carbonyl (C=O) groups is 1. The monoisotopic (exact) mass is 264 g/mol. The number of carbonyl (C=O) groups excluding carboxylic acids is 1. The van der Waals surface area contributed by atoms with E-state index >= 15 is 0 Å². The van der Waals surface area contributed by atoms with Crippen molar-refractivity contribution in [3.8, 4) is 0 Å². The maximum Gasteiger partial charge on any atom is 0.410 e. The number of fused-ring (bicyclic) bond motifs is 1. The van der Waals surface area contributed by atoms with Crippen LogP contribution in [0.1, 0.15) is 32.0 Å².